The lowest BCUT2D eigenvalue weighted by Crippen LogP contribution is -2.81. The van der Waals surface area contributed by atoms with Gasteiger partial charge in [-0.1, -0.05) is 36.4 Å². The van der Waals surface area contributed by atoms with Crippen molar-refractivity contribution >= 4 is 5.78 Å². The number of phenolic OH excluding ortho intramolecular Hbond substituents is 1. The van der Waals surface area contributed by atoms with Gasteiger partial charge in [0.15, 0.2) is 22.9 Å². The molecule has 2 saturated heterocycles. The number of nitrogens with zero attached hydrogens (tertiary/aromatic N) is 1. The number of hydrogen-bond donors (Lipinski definition) is 1. The van der Waals surface area contributed by atoms with E-state index in [4.69, 9.17) is 14.2 Å². The van der Waals surface area contributed by atoms with Crippen LogP contribution in [0.3, 0.4) is 0 Å². The van der Waals surface area contributed by atoms with Crippen molar-refractivity contribution in [1.82, 2.24) is 4.90 Å². The number of benzene rings is 2. The Morgan fingerprint density at radius 1 is 1.16 bits per heavy atom. The van der Waals surface area contributed by atoms with Gasteiger partial charge in [0.2, 0.25) is 0 Å². The first-order chi connectivity index (χ1) is 18.0. The molecule has 2 aromatic carbocycles. The smallest absolute Gasteiger partial charge is 0.177 e. The summed E-state index contributed by atoms with van der Waals surface area (Å²) in [5, 5.41) is 10.9. The fourth-order valence-corrected chi connectivity index (χ4v) is 8.57. The van der Waals surface area contributed by atoms with E-state index in [0.717, 1.165) is 63.8 Å². The molecule has 1 saturated carbocycles. The lowest BCUT2D eigenvalue weighted by molar-refractivity contribution is -0.233. The predicted octanol–water partition coefficient (Wildman–Crippen LogP) is 4.34. The molecular formula is C31H37NO5. The van der Waals surface area contributed by atoms with Crippen molar-refractivity contribution < 1.29 is 24.1 Å². The molecule has 6 heteroatoms. The van der Waals surface area contributed by atoms with E-state index >= 15 is 0 Å². The van der Waals surface area contributed by atoms with Crippen LogP contribution >= 0.6 is 0 Å². The zero-order valence-electron chi connectivity index (χ0n) is 21.7. The number of phenols is 1. The lowest BCUT2D eigenvalue weighted by atomic mass is 9.45. The Labute approximate surface area is 218 Å². The maximum absolute atomic E-state index is 13.7. The highest BCUT2D eigenvalue weighted by Crippen LogP contribution is 2.69. The Balaban J connectivity index is 1.30. The fourth-order valence-electron chi connectivity index (χ4n) is 8.57. The van der Waals surface area contributed by atoms with Crippen LogP contribution in [0.1, 0.15) is 62.1 Å². The van der Waals surface area contributed by atoms with E-state index in [1.165, 1.54) is 11.1 Å². The average molecular weight is 504 g/mol. The Kier molecular flexibility index (Phi) is 5.47. The summed E-state index contributed by atoms with van der Waals surface area (Å²) in [6.07, 6.45) is 7.12. The number of aryl methyl sites for hydroxylation is 1. The number of likely N-dealkylation sites (tertiary alicyclic amines) is 1. The third-order valence-corrected chi connectivity index (χ3v) is 10.2. The number of rotatable bonds is 7. The zero-order valence-corrected chi connectivity index (χ0v) is 21.7. The van der Waals surface area contributed by atoms with Crippen LogP contribution in [0.15, 0.2) is 42.5 Å². The van der Waals surface area contributed by atoms with Crippen molar-refractivity contribution in [2.45, 2.75) is 87.1 Å². The second kappa shape index (κ2) is 8.55. The van der Waals surface area contributed by atoms with E-state index in [9.17, 15) is 9.90 Å². The minimum Gasteiger partial charge on any atom is -0.504 e. The van der Waals surface area contributed by atoms with Gasteiger partial charge in [0, 0.05) is 37.8 Å². The van der Waals surface area contributed by atoms with Crippen molar-refractivity contribution in [2.24, 2.45) is 0 Å². The number of hydrogen-bond acceptors (Lipinski definition) is 6. The van der Waals surface area contributed by atoms with Gasteiger partial charge >= 0.3 is 0 Å². The van der Waals surface area contributed by atoms with Crippen molar-refractivity contribution in [2.75, 3.05) is 26.3 Å². The fraction of sp³-hybridized carbons (Fsp3) is 0.581. The van der Waals surface area contributed by atoms with Gasteiger partial charge in [-0.15, -0.1) is 0 Å². The lowest BCUT2D eigenvalue weighted by Gasteiger charge is -2.67. The van der Waals surface area contributed by atoms with Gasteiger partial charge in [0.1, 0.15) is 0 Å². The highest BCUT2D eigenvalue weighted by Gasteiger charge is 2.78. The Morgan fingerprint density at radius 3 is 2.84 bits per heavy atom. The molecule has 37 heavy (non-hydrogen) atoms. The van der Waals surface area contributed by atoms with Gasteiger partial charge in [-0.25, -0.2) is 0 Å². The van der Waals surface area contributed by atoms with Crippen LogP contribution in [0.25, 0.3) is 0 Å². The summed E-state index contributed by atoms with van der Waals surface area (Å²) in [4.78, 5) is 16.3. The first-order valence-electron chi connectivity index (χ1n) is 14.1. The monoisotopic (exact) mass is 503 g/mol. The first kappa shape index (κ1) is 23.7. The van der Waals surface area contributed by atoms with E-state index in [-0.39, 0.29) is 23.7 Å². The number of aromatic hydroxyl groups is 1. The topological polar surface area (TPSA) is 68.2 Å². The van der Waals surface area contributed by atoms with Gasteiger partial charge < -0.3 is 19.3 Å². The summed E-state index contributed by atoms with van der Waals surface area (Å²) in [6.45, 7) is 5.23. The van der Waals surface area contributed by atoms with Gasteiger partial charge in [-0.05, 0) is 75.6 Å². The van der Waals surface area contributed by atoms with Gasteiger partial charge in [0.25, 0.3) is 0 Å². The number of ether oxygens (including phenoxy) is 3. The van der Waals surface area contributed by atoms with Gasteiger partial charge in [-0.2, -0.15) is 0 Å². The molecule has 1 spiro atoms. The standard InChI is InChI=1S/C31H37NO5/c1-29-26(34)13-14-31(36-18-5-9-21-7-3-2-4-8-21)25-19-22-11-12-24(33)28(37-29)27(22)30(29,31)15-16-32(25)20-23-10-6-17-35-23/h2-4,7-8,11-12,23,25,33H,5-6,9-10,13-20H2,1H3/t23?,25-,29?,30+,31-/m1/s1. The molecule has 2 bridgehead atoms. The second-order valence-electron chi connectivity index (χ2n) is 11.8. The molecule has 3 aliphatic heterocycles. The first-order valence-corrected chi connectivity index (χ1v) is 14.1. The minimum absolute atomic E-state index is 0.130. The minimum atomic E-state index is -1.03. The van der Waals surface area contributed by atoms with Crippen molar-refractivity contribution in [1.29, 1.82) is 0 Å². The van der Waals surface area contributed by atoms with Crippen LogP contribution in [0.5, 0.6) is 11.5 Å². The average Bonchev–Trinajstić information content (AvgIpc) is 3.51. The molecule has 5 aliphatic rings. The molecule has 3 fully saturated rings. The van der Waals surface area contributed by atoms with Crippen LogP contribution in [0, 0.1) is 0 Å². The number of ketones is 1. The third-order valence-electron chi connectivity index (χ3n) is 10.2. The number of Topliss-reactive ketones (excluding diaryl/α,β-unsaturated/α-hetero) is 1. The molecule has 1 N–H and O–H groups in total. The molecule has 6 nitrogen and oxygen atoms in total. The van der Waals surface area contributed by atoms with E-state index in [0.29, 0.717) is 25.2 Å². The van der Waals surface area contributed by atoms with Crippen LogP contribution in [0.4, 0.5) is 0 Å². The molecule has 0 amide bonds. The summed E-state index contributed by atoms with van der Waals surface area (Å²) < 4.78 is 19.8. The summed E-state index contributed by atoms with van der Waals surface area (Å²) in [5.41, 5.74) is 1.37. The van der Waals surface area contributed by atoms with Crippen molar-refractivity contribution in [3.63, 3.8) is 0 Å². The highest BCUT2D eigenvalue weighted by molar-refractivity contribution is 5.94. The third kappa shape index (κ3) is 3.18. The molecule has 7 rings (SSSR count). The normalized spacial score (nSPS) is 35.9. The van der Waals surface area contributed by atoms with E-state index < -0.39 is 16.6 Å². The Bertz CT molecular complexity index is 1210. The van der Waals surface area contributed by atoms with Crippen LogP contribution in [0.2, 0.25) is 0 Å². The summed E-state index contributed by atoms with van der Waals surface area (Å²) in [6, 6.07) is 14.5. The summed E-state index contributed by atoms with van der Waals surface area (Å²) >= 11 is 0. The SMILES string of the molecule is CC12Oc3c(O)ccc4c3[C@@]13CCN(CC1CCCO1)[C@H](C4)[C@]3(OCCCc1ccccc1)CCC2=O. The molecule has 0 radical (unpaired) electrons. The maximum Gasteiger partial charge on any atom is 0.177 e. The number of carbonyl (C=O) groups excluding carboxylic acids is 1. The summed E-state index contributed by atoms with van der Waals surface area (Å²) in [5.74, 6) is 0.777. The molecule has 3 heterocycles. The predicted molar refractivity (Wildman–Crippen MR) is 139 cm³/mol. The van der Waals surface area contributed by atoms with E-state index in [1.54, 1.807) is 6.07 Å². The molecule has 2 aromatic rings. The van der Waals surface area contributed by atoms with E-state index in [1.807, 2.05) is 13.0 Å². The van der Waals surface area contributed by atoms with Crippen molar-refractivity contribution in [3.8, 4) is 11.5 Å². The van der Waals surface area contributed by atoms with Crippen LogP contribution < -0.4 is 4.74 Å². The van der Waals surface area contributed by atoms with Gasteiger partial charge in [-0.3, -0.25) is 9.69 Å². The molecule has 196 valence electrons. The quantitative estimate of drug-likeness (QED) is 0.567. The number of carbonyl (C=O) groups is 1. The highest BCUT2D eigenvalue weighted by atomic mass is 16.5. The Hall–Kier alpha value is -2.41. The molecular weight excluding hydrogens is 466 g/mol. The van der Waals surface area contributed by atoms with Gasteiger partial charge in [0.05, 0.1) is 17.1 Å². The molecule has 5 atom stereocenters. The van der Waals surface area contributed by atoms with Crippen molar-refractivity contribution in [3.05, 3.63) is 59.2 Å². The maximum atomic E-state index is 13.7. The van der Waals surface area contributed by atoms with Crippen LogP contribution in [-0.2, 0) is 32.5 Å². The Morgan fingerprint density at radius 2 is 2.03 bits per heavy atom. The molecule has 2 aliphatic carbocycles. The summed E-state index contributed by atoms with van der Waals surface area (Å²) in [7, 11) is 0. The number of piperidine rings is 1. The zero-order chi connectivity index (χ0) is 25.3. The molecule has 2 unspecified atom stereocenters. The largest absolute Gasteiger partial charge is 0.504 e. The second-order valence-corrected chi connectivity index (χ2v) is 11.8. The van der Waals surface area contributed by atoms with E-state index in [2.05, 4.69) is 35.2 Å². The molecule has 0 aromatic heterocycles. The van der Waals surface area contributed by atoms with Crippen LogP contribution in [-0.4, -0.2) is 65.4 Å².